The van der Waals surface area contributed by atoms with Crippen molar-refractivity contribution in [3.63, 3.8) is 0 Å². The van der Waals surface area contributed by atoms with E-state index < -0.39 is 67.4 Å². The summed E-state index contributed by atoms with van der Waals surface area (Å²) >= 11 is 0. The average molecular weight is 797 g/mol. The Balaban J connectivity index is 1.40. The molecule has 4 aromatic carbocycles. The second-order valence-corrected chi connectivity index (χ2v) is 13.9. The molecular formula is C46H52O12. The smallest absolute Gasteiger partial charge is 0.338 e. The van der Waals surface area contributed by atoms with Gasteiger partial charge in [0.25, 0.3) is 0 Å². The second-order valence-electron chi connectivity index (χ2n) is 13.9. The predicted molar refractivity (Wildman–Crippen MR) is 213 cm³/mol. The Bertz CT molecular complexity index is 1800. The summed E-state index contributed by atoms with van der Waals surface area (Å²) in [5, 5.41) is 22.0. The lowest BCUT2D eigenvalue weighted by Gasteiger charge is -2.49. The summed E-state index contributed by atoms with van der Waals surface area (Å²) in [7, 11) is 0. The molecule has 0 aromatic heterocycles. The van der Waals surface area contributed by atoms with E-state index in [4.69, 9.17) is 42.6 Å². The van der Waals surface area contributed by atoms with Crippen molar-refractivity contribution in [2.75, 3.05) is 26.4 Å². The molecule has 0 aliphatic carbocycles. The van der Waals surface area contributed by atoms with Gasteiger partial charge in [0.15, 0.2) is 18.7 Å². The number of carbonyl (C=O) groups is 1. The Labute approximate surface area is 339 Å². The van der Waals surface area contributed by atoms with Crippen molar-refractivity contribution in [3.05, 3.63) is 169 Å². The lowest BCUT2D eigenvalue weighted by atomic mass is 9.96. The number of hydrogen-bond acceptors (Lipinski definition) is 12. The minimum atomic E-state index is -1.62. The summed E-state index contributed by atoms with van der Waals surface area (Å²) in [6.07, 6.45) is -8.67. The zero-order valence-corrected chi connectivity index (χ0v) is 32.3. The quantitative estimate of drug-likeness (QED) is 0.0620. The molecule has 0 saturated carbocycles. The Morgan fingerprint density at radius 1 is 0.569 bits per heavy atom. The highest BCUT2D eigenvalue weighted by Crippen LogP contribution is 2.35. The summed E-state index contributed by atoms with van der Waals surface area (Å²) in [5.41, 5.74) is 3.02. The van der Waals surface area contributed by atoms with Gasteiger partial charge in [0.05, 0.1) is 51.8 Å². The van der Waals surface area contributed by atoms with Gasteiger partial charge in [-0.3, -0.25) is 0 Å². The minimum absolute atomic E-state index is 0.0145. The fourth-order valence-electron chi connectivity index (χ4n) is 6.80. The van der Waals surface area contributed by atoms with E-state index in [0.29, 0.717) is 5.56 Å². The zero-order chi connectivity index (χ0) is 40.5. The van der Waals surface area contributed by atoms with E-state index in [1.165, 1.54) is 6.08 Å². The van der Waals surface area contributed by atoms with Crippen molar-refractivity contribution in [2.24, 2.45) is 0 Å². The van der Waals surface area contributed by atoms with Gasteiger partial charge in [-0.2, -0.15) is 0 Å². The van der Waals surface area contributed by atoms with Crippen LogP contribution in [0.4, 0.5) is 0 Å². The summed E-state index contributed by atoms with van der Waals surface area (Å²) in [6.45, 7) is 8.19. The Morgan fingerprint density at radius 3 is 1.67 bits per heavy atom. The van der Waals surface area contributed by atoms with Crippen molar-refractivity contribution in [2.45, 2.75) is 81.2 Å². The third-order valence-electron chi connectivity index (χ3n) is 9.66. The van der Waals surface area contributed by atoms with Gasteiger partial charge in [-0.25, -0.2) is 4.79 Å². The predicted octanol–water partition coefficient (Wildman–Crippen LogP) is 5.56. The number of ether oxygens (including phenoxy) is 9. The number of esters is 1. The van der Waals surface area contributed by atoms with Crippen LogP contribution in [0.2, 0.25) is 0 Å². The van der Waals surface area contributed by atoms with Gasteiger partial charge >= 0.3 is 5.97 Å². The Kier molecular flexibility index (Phi) is 16.7. The maximum atomic E-state index is 14.0. The largest absolute Gasteiger partial charge is 0.450 e. The van der Waals surface area contributed by atoms with Crippen LogP contribution in [0.25, 0.3) is 0 Å². The maximum Gasteiger partial charge on any atom is 0.338 e. The molecule has 6 rings (SSSR count). The topological polar surface area (TPSA) is 141 Å². The third-order valence-corrected chi connectivity index (χ3v) is 9.66. The molecule has 0 spiro atoms. The molecule has 0 unspecified atom stereocenters. The number of aliphatic hydroxyl groups is 2. The van der Waals surface area contributed by atoms with E-state index in [0.717, 1.165) is 16.7 Å². The van der Waals surface area contributed by atoms with Crippen LogP contribution in [-0.2, 0) is 62.5 Å². The zero-order valence-electron chi connectivity index (χ0n) is 32.3. The van der Waals surface area contributed by atoms with Crippen molar-refractivity contribution in [1.82, 2.24) is 0 Å². The molecule has 2 saturated heterocycles. The van der Waals surface area contributed by atoms with Crippen LogP contribution in [0.5, 0.6) is 0 Å². The number of aliphatic hydroxyl groups excluding tert-OH is 2. The molecule has 2 fully saturated rings. The van der Waals surface area contributed by atoms with Gasteiger partial charge in [-0.1, -0.05) is 121 Å². The molecule has 10 atom stereocenters. The van der Waals surface area contributed by atoms with Gasteiger partial charge in [-0.15, -0.1) is 13.2 Å². The normalized spacial score (nSPS) is 27.1. The number of carbonyl (C=O) groups excluding carboxylic acids is 1. The van der Waals surface area contributed by atoms with E-state index >= 15 is 0 Å². The van der Waals surface area contributed by atoms with Crippen LogP contribution in [0.1, 0.15) is 27.0 Å². The number of rotatable bonds is 21. The molecule has 0 amide bonds. The number of hydrogen-bond donors (Lipinski definition) is 2. The van der Waals surface area contributed by atoms with Gasteiger partial charge in [-0.05, 0) is 28.8 Å². The first-order valence-electron chi connectivity index (χ1n) is 19.4. The molecule has 12 nitrogen and oxygen atoms in total. The number of benzene rings is 4. The standard InChI is InChI=1S/C46H52O12/c1-3-25-50-30-37-40(41(52-26-4-2)38(47)45(49)55-37)58-46-43(57-44(48)35-23-15-8-16-24-35)42(54-29-34-21-13-7-14-22-34)39(53-28-33-19-11-6-12-20-33)36(56-46)31-51-27-32-17-9-5-10-18-32/h3-24,36-43,45-47,49H,1-2,25-31H2/t36-,37-,38+,39-,40-,41-,42+,43+,45+,46-/m1/s1. The second kappa shape index (κ2) is 22.5. The lowest BCUT2D eigenvalue weighted by molar-refractivity contribution is -0.364. The van der Waals surface area contributed by atoms with E-state index in [2.05, 4.69) is 13.2 Å². The first kappa shape index (κ1) is 43.0. The monoisotopic (exact) mass is 796 g/mol. The average Bonchev–Trinajstić information content (AvgIpc) is 3.26. The van der Waals surface area contributed by atoms with Crippen molar-refractivity contribution in [3.8, 4) is 0 Å². The highest BCUT2D eigenvalue weighted by molar-refractivity contribution is 5.89. The van der Waals surface area contributed by atoms with E-state index in [9.17, 15) is 15.0 Å². The van der Waals surface area contributed by atoms with Crippen LogP contribution in [-0.4, -0.2) is 104 Å². The molecule has 2 aliphatic rings. The summed E-state index contributed by atoms with van der Waals surface area (Å²) in [4.78, 5) is 14.0. The fraction of sp³-hybridized carbons (Fsp3) is 0.370. The Morgan fingerprint density at radius 2 is 1.09 bits per heavy atom. The van der Waals surface area contributed by atoms with Gasteiger partial charge in [0, 0.05) is 0 Å². The summed E-state index contributed by atoms with van der Waals surface area (Å²) in [6, 6.07) is 37.5. The van der Waals surface area contributed by atoms with Crippen molar-refractivity contribution < 1.29 is 57.6 Å². The molecule has 2 N–H and O–H groups in total. The molecule has 12 heteroatoms. The van der Waals surface area contributed by atoms with Crippen LogP contribution in [0, 0.1) is 0 Å². The van der Waals surface area contributed by atoms with Crippen LogP contribution < -0.4 is 0 Å². The van der Waals surface area contributed by atoms with Crippen LogP contribution in [0.15, 0.2) is 147 Å². The third kappa shape index (κ3) is 12.0. The first-order valence-corrected chi connectivity index (χ1v) is 19.4. The lowest BCUT2D eigenvalue weighted by Crippen LogP contribution is -2.66. The molecule has 308 valence electrons. The molecule has 2 aliphatic heterocycles. The molecule has 2 heterocycles. The molecule has 4 aromatic rings. The highest BCUT2D eigenvalue weighted by Gasteiger charge is 2.54. The SMILES string of the molecule is C=CCOC[C@H]1O[C@H](O)[C@@H](O)[C@@H](OCC=C)[C@@H]1O[C@H]1O[C@H](COCc2ccccc2)[C@@H](OCc2ccccc2)[C@H](OCc2ccccc2)[C@@H]1OC(=O)c1ccccc1. The molecule has 0 radical (unpaired) electrons. The van der Waals surface area contributed by atoms with E-state index in [1.54, 1.807) is 36.4 Å². The van der Waals surface area contributed by atoms with Crippen LogP contribution in [0.3, 0.4) is 0 Å². The van der Waals surface area contributed by atoms with Crippen LogP contribution >= 0.6 is 0 Å². The maximum absolute atomic E-state index is 14.0. The first-order chi connectivity index (χ1) is 28.4. The molecule has 58 heavy (non-hydrogen) atoms. The molecule has 0 bridgehead atoms. The van der Waals surface area contributed by atoms with Gasteiger partial charge in [0.2, 0.25) is 0 Å². The fourth-order valence-corrected chi connectivity index (χ4v) is 6.80. The summed E-state index contributed by atoms with van der Waals surface area (Å²) < 4.78 is 57.3. The molecular weight excluding hydrogens is 744 g/mol. The van der Waals surface area contributed by atoms with E-state index in [-0.39, 0.29) is 46.2 Å². The van der Waals surface area contributed by atoms with Crippen molar-refractivity contribution in [1.29, 1.82) is 0 Å². The highest BCUT2D eigenvalue weighted by atomic mass is 16.8. The summed E-state index contributed by atoms with van der Waals surface area (Å²) in [5.74, 6) is -0.655. The van der Waals surface area contributed by atoms with Gasteiger partial charge in [0.1, 0.15) is 42.7 Å². The van der Waals surface area contributed by atoms with Gasteiger partial charge < -0.3 is 52.8 Å². The Hall–Kier alpha value is -4.57. The van der Waals surface area contributed by atoms with Crippen molar-refractivity contribution >= 4 is 5.97 Å². The van der Waals surface area contributed by atoms with E-state index in [1.807, 2.05) is 91.0 Å². The minimum Gasteiger partial charge on any atom is -0.450 e.